The molecule has 0 aliphatic heterocycles. The molecule has 114 valence electrons. The molecule has 1 amide bonds. The first-order valence-corrected chi connectivity index (χ1v) is 7.72. The average molecular weight is 356 g/mol. The number of halogens is 1. The summed E-state index contributed by atoms with van der Waals surface area (Å²) in [5, 5.41) is 11.9. The zero-order chi connectivity index (χ0) is 15.4. The number of para-hydroxylation sites is 1. The van der Waals surface area contributed by atoms with Crippen molar-refractivity contribution in [2.24, 2.45) is 5.92 Å². The summed E-state index contributed by atoms with van der Waals surface area (Å²) in [4.78, 5) is 23.2. The van der Waals surface area contributed by atoms with Crippen molar-refractivity contribution in [1.29, 1.82) is 0 Å². The van der Waals surface area contributed by atoms with Gasteiger partial charge in [0.2, 0.25) is 0 Å². The van der Waals surface area contributed by atoms with Crippen LogP contribution in [0.3, 0.4) is 0 Å². The Morgan fingerprint density at radius 1 is 1.38 bits per heavy atom. The fourth-order valence-corrected chi connectivity index (χ4v) is 2.89. The third-order valence-corrected chi connectivity index (χ3v) is 4.33. The van der Waals surface area contributed by atoms with Gasteiger partial charge in [0.15, 0.2) is 6.10 Å². The molecule has 1 aliphatic rings. The quantitative estimate of drug-likeness (QED) is 0.850. The highest BCUT2D eigenvalue weighted by molar-refractivity contribution is 9.10. The van der Waals surface area contributed by atoms with Crippen molar-refractivity contribution in [3.63, 3.8) is 0 Å². The van der Waals surface area contributed by atoms with Crippen LogP contribution in [0.5, 0.6) is 5.75 Å². The molecule has 21 heavy (non-hydrogen) atoms. The maximum atomic E-state index is 12.1. The van der Waals surface area contributed by atoms with Crippen LogP contribution in [0.4, 0.5) is 0 Å². The molecule has 0 saturated heterocycles. The molecule has 1 fully saturated rings. The zero-order valence-electron chi connectivity index (χ0n) is 11.7. The van der Waals surface area contributed by atoms with Crippen LogP contribution in [0.2, 0.25) is 0 Å². The third-order valence-electron chi connectivity index (χ3n) is 3.67. The Morgan fingerprint density at radius 2 is 2.10 bits per heavy atom. The molecule has 2 N–H and O–H groups in total. The number of carbonyl (C=O) groups is 2. The van der Waals surface area contributed by atoms with E-state index in [-0.39, 0.29) is 11.9 Å². The van der Waals surface area contributed by atoms with E-state index in [1.54, 1.807) is 13.0 Å². The Kier molecular flexibility index (Phi) is 5.22. The maximum Gasteiger partial charge on any atom is 0.308 e. The summed E-state index contributed by atoms with van der Waals surface area (Å²) in [6.07, 6.45) is 1.45. The number of carboxylic acids is 1. The fraction of sp³-hybridized carbons (Fsp3) is 0.467. The van der Waals surface area contributed by atoms with Gasteiger partial charge < -0.3 is 15.2 Å². The van der Waals surface area contributed by atoms with Gasteiger partial charge in [-0.05, 0) is 47.8 Å². The Bertz CT molecular complexity index is 534. The van der Waals surface area contributed by atoms with Gasteiger partial charge in [-0.3, -0.25) is 9.59 Å². The molecule has 1 unspecified atom stereocenters. The Morgan fingerprint density at radius 3 is 2.76 bits per heavy atom. The number of carbonyl (C=O) groups excluding carboxylic acids is 1. The number of nitrogens with one attached hydrogen (secondary N) is 1. The van der Waals surface area contributed by atoms with Crippen LogP contribution in [0, 0.1) is 5.92 Å². The van der Waals surface area contributed by atoms with Gasteiger partial charge in [-0.15, -0.1) is 0 Å². The highest BCUT2D eigenvalue weighted by atomic mass is 79.9. The maximum absolute atomic E-state index is 12.1. The smallest absolute Gasteiger partial charge is 0.308 e. The van der Waals surface area contributed by atoms with Gasteiger partial charge in [0.05, 0.1) is 10.4 Å². The number of ether oxygens (including phenoxy) is 1. The summed E-state index contributed by atoms with van der Waals surface area (Å²) in [6.45, 7) is 1.65. The number of aliphatic carboxylic acids is 1. The number of amides is 1. The summed E-state index contributed by atoms with van der Waals surface area (Å²) in [5.41, 5.74) is 0. The van der Waals surface area contributed by atoms with Crippen molar-refractivity contribution in [3.05, 3.63) is 28.7 Å². The van der Waals surface area contributed by atoms with E-state index in [1.165, 1.54) is 0 Å². The summed E-state index contributed by atoms with van der Waals surface area (Å²) >= 11 is 3.36. The first kappa shape index (κ1) is 15.8. The molecule has 0 bridgehead atoms. The van der Waals surface area contributed by atoms with Gasteiger partial charge in [0.25, 0.3) is 5.91 Å². The van der Waals surface area contributed by atoms with E-state index in [9.17, 15) is 9.59 Å². The topological polar surface area (TPSA) is 75.6 Å². The molecule has 1 aliphatic carbocycles. The molecule has 0 spiro atoms. The van der Waals surface area contributed by atoms with E-state index in [4.69, 9.17) is 9.84 Å². The molecule has 6 heteroatoms. The summed E-state index contributed by atoms with van der Waals surface area (Å²) in [5.74, 6) is -1.05. The minimum Gasteiger partial charge on any atom is -0.481 e. The number of carboxylic acid groups (broad SMARTS) is 1. The second kappa shape index (κ2) is 6.93. The lowest BCUT2D eigenvalue weighted by Gasteiger charge is -2.21. The highest BCUT2D eigenvalue weighted by Gasteiger charge is 2.34. The standard InChI is InChI=1S/C15H18BrNO4/c1-9(21-13-8-3-2-6-11(13)16)14(18)17-12-7-4-5-10(12)15(19)20/h2-3,6,8-10,12H,4-5,7H2,1H3,(H,17,18)(H,19,20)/t9?,10-,12+/m0/s1. The first-order valence-electron chi connectivity index (χ1n) is 6.93. The molecular weight excluding hydrogens is 338 g/mol. The average Bonchev–Trinajstić information content (AvgIpc) is 2.89. The van der Waals surface area contributed by atoms with Crippen molar-refractivity contribution in [2.45, 2.75) is 38.3 Å². The Balaban J connectivity index is 1.94. The number of hydrogen-bond donors (Lipinski definition) is 2. The molecule has 0 aromatic heterocycles. The molecule has 1 aromatic rings. The molecule has 1 aromatic carbocycles. The van der Waals surface area contributed by atoms with Gasteiger partial charge in [-0.1, -0.05) is 18.6 Å². The number of hydrogen-bond acceptors (Lipinski definition) is 3. The lowest BCUT2D eigenvalue weighted by Crippen LogP contribution is -2.45. The minimum absolute atomic E-state index is 0.288. The normalized spacial score (nSPS) is 22.6. The van der Waals surface area contributed by atoms with Crippen LogP contribution in [-0.4, -0.2) is 29.1 Å². The minimum atomic E-state index is -0.850. The second-order valence-electron chi connectivity index (χ2n) is 5.18. The summed E-state index contributed by atoms with van der Waals surface area (Å²) in [7, 11) is 0. The van der Waals surface area contributed by atoms with E-state index in [0.29, 0.717) is 18.6 Å². The third kappa shape index (κ3) is 3.97. The molecule has 3 atom stereocenters. The molecule has 1 saturated carbocycles. The van der Waals surface area contributed by atoms with Crippen LogP contribution in [0.15, 0.2) is 28.7 Å². The van der Waals surface area contributed by atoms with Crippen LogP contribution < -0.4 is 10.1 Å². The predicted molar refractivity (Wildman–Crippen MR) is 81.1 cm³/mol. The Labute approximate surface area is 131 Å². The summed E-state index contributed by atoms with van der Waals surface area (Å²) < 4.78 is 6.38. The first-order chi connectivity index (χ1) is 9.99. The van der Waals surface area contributed by atoms with E-state index in [1.807, 2.05) is 18.2 Å². The van der Waals surface area contributed by atoms with Gasteiger partial charge in [0, 0.05) is 6.04 Å². The molecular formula is C15H18BrNO4. The Hall–Kier alpha value is -1.56. The fourth-order valence-electron chi connectivity index (χ4n) is 2.51. The number of rotatable bonds is 5. The highest BCUT2D eigenvalue weighted by Crippen LogP contribution is 2.27. The lowest BCUT2D eigenvalue weighted by molar-refractivity contribution is -0.142. The molecule has 0 heterocycles. The van der Waals surface area contributed by atoms with Crippen LogP contribution in [0.1, 0.15) is 26.2 Å². The molecule has 2 rings (SSSR count). The van der Waals surface area contributed by atoms with Crippen molar-refractivity contribution in [3.8, 4) is 5.75 Å². The van der Waals surface area contributed by atoms with Gasteiger partial charge in [0.1, 0.15) is 5.75 Å². The van der Waals surface area contributed by atoms with E-state index in [0.717, 1.165) is 10.9 Å². The van der Waals surface area contributed by atoms with Crippen molar-refractivity contribution in [1.82, 2.24) is 5.32 Å². The molecule has 0 radical (unpaired) electrons. The van der Waals surface area contributed by atoms with Crippen LogP contribution >= 0.6 is 15.9 Å². The second-order valence-corrected chi connectivity index (χ2v) is 6.04. The van der Waals surface area contributed by atoms with Crippen LogP contribution in [0.25, 0.3) is 0 Å². The SMILES string of the molecule is CC(Oc1ccccc1Br)C(=O)N[C@@H]1CCC[C@@H]1C(=O)O. The molecule has 5 nitrogen and oxygen atoms in total. The zero-order valence-corrected chi connectivity index (χ0v) is 13.3. The van der Waals surface area contributed by atoms with E-state index in [2.05, 4.69) is 21.2 Å². The van der Waals surface area contributed by atoms with Gasteiger partial charge >= 0.3 is 5.97 Å². The van der Waals surface area contributed by atoms with E-state index < -0.39 is 18.0 Å². The van der Waals surface area contributed by atoms with Crippen molar-refractivity contribution in [2.75, 3.05) is 0 Å². The predicted octanol–water partition coefficient (Wildman–Crippen LogP) is 2.59. The number of benzene rings is 1. The van der Waals surface area contributed by atoms with Crippen molar-refractivity contribution < 1.29 is 19.4 Å². The lowest BCUT2D eigenvalue weighted by atomic mass is 10.0. The van der Waals surface area contributed by atoms with Crippen molar-refractivity contribution >= 4 is 27.8 Å². The van der Waals surface area contributed by atoms with Gasteiger partial charge in [-0.2, -0.15) is 0 Å². The monoisotopic (exact) mass is 355 g/mol. The van der Waals surface area contributed by atoms with Gasteiger partial charge in [-0.25, -0.2) is 0 Å². The van der Waals surface area contributed by atoms with E-state index >= 15 is 0 Å². The largest absolute Gasteiger partial charge is 0.481 e. The van der Waals surface area contributed by atoms with Crippen LogP contribution in [-0.2, 0) is 9.59 Å². The summed E-state index contributed by atoms with van der Waals surface area (Å²) in [6, 6.07) is 6.97.